The largest absolute Gasteiger partial charge is 0.464 e. The van der Waals surface area contributed by atoms with E-state index in [0.717, 1.165) is 0 Å². The number of esters is 1. The van der Waals surface area contributed by atoms with Gasteiger partial charge >= 0.3 is 12.1 Å². The van der Waals surface area contributed by atoms with Crippen molar-refractivity contribution >= 4 is 5.97 Å². The summed E-state index contributed by atoms with van der Waals surface area (Å²) in [4.78, 5) is 10.1. The van der Waals surface area contributed by atoms with Crippen molar-refractivity contribution in [2.45, 2.75) is 19.3 Å². The minimum atomic E-state index is -5.16. The van der Waals surface area contributed by atoms with E-state index in [4.69, 9.17) is 0 Å². The number of carbonyl (C=O) groups excluding carboxylic acids is 1. The van der Waals surface area contributed by atoms with Crippen LogP contribution in [0.4, 0.5) is 17.6 Å². The maximum absolute atomic E-state index is 11.9. The predicted molar refractivity (Wildman–Crippen MR) is 27.6 cm³/mol. The Morgan fingerprint density at radius 3 is 2.27 bits per heavy atom. The van der Waals surface area contributed by atoms with Crippen molar-refractivity contribution in [1.82, 2.24) is 0 Å². The Kier molecular flexibility index (Phi) is 3.28. The average molecular weight is 174 g/mol. The molecule has 0 aromatic heterocycles. The Bertz CT molecular complexity index is 142. The molecule has 0 heterocycles. The molecule has 0 radical (unpaired) electrons. The third-order valence-electron chi connectivity index (χ3n) is 0.781. The highest BCUT2D eigenvalue weighted by Gasteiger charge is 2.46. The van der Waals surface area contributed by atoms with Gasteiger partial charge < -0.3 is 4.74 Å². The first-order valence-electron chi connectivity index (χ1n) is 2.77. The molecule has 1 atom stereocenters. The molecule has 0 bridgehead atoms. The van der Waals surface area contributed by atoms with Crippen LogP contribution in [0.2, 0.25) is 0 Å². The molecule has 0 saturated carbocycles. The smallest absolute Gasteiger partial charge is 0.430 e. The van der Waals surface area contributed by atoms with Crippen molar-refractivity contribution in [3.63, 3.8) is 0 Å². The zero-order chi connectivity index (χ0) is 9.07. The van der Waals surface area contributed by atoms with E-state index in [1.54, 1.807) is 0 Å². The van der Waals surface area contributed by atoms with Gasteiger partial charge in [0.1, 0.15) is 0 Å². The molecule has 11 heavy (non-hydrogen) atoms. The number of ether oxygens (including phenoxy) is 1. The van der Waals surface area contributed by atoms with Crippen LogP contribution in [-0.4, -0.2) is 24.9 Å². The second-order valence-electron chi connectivity index (χ2n) is 1.66. The second-order valence-corrected chi connectivity index (χ2v) is 1.66. The summed E-state index contributed by atoms with van der Waals surface area (Å²) in [7, 11) is 0. The lowest BCUT2D eigenvalue weighted by atomic mass is 10.4. The Hall–Kier alpha value is -0.810. The molecular weight excluding hydrogens is 168 g/mol. The molecule has 0 aromatic rings. The summed E-state index contributed by atoms with van der Waals surface area (Å²) in [5.41, 5.74) is 0. The summed E-state index contributed by atoms with van der Waals surface area (Å²) in [6.45, 7) is 1.02. The lowest BCUT2D eigenvalue weighted by Crippen LogP contribution is -2.33. The lowest BCUT2D eigenvalue weighted by molar-refractivity contribution is -0.200. The van der Waals surface area contributed by atoms with Gasteiger partial charge in [0.05, 0.1) is 6.61 Å². The van der Waals surface area contributed by atoms with Crippen molar-refractivity contribution in [2.24, 2.45) is 0 Å². The number of carbonyl (C=O) groups is 1. The van der Waals surface area contributed by atoms with Crippen molar-refractivity contribution in [3.8, 4) is 0 Å². The second kappa shape index (κ2) is 3.54. The molecule has 0 spiro atoms. The molecule has 2 nitrogen and oxygen atoms in total. The van der Waals surface area contributed by atoms with E-state index < -0.39 is 18.3 Å². The molecule has 0 aliphatic carbocycles. The van der Waals surface area contributed by atoms with Gasteiger partial charge in [0.2, 0.25) is 0 Å². The average Bonchev–Trinajstić information content (AvgIpc) is 1.85. The number of rotatable bonds is 2. The molecule has 0 aromatic carbocycles. The first kappa shape index (κ1) is 10.2. The SMILES string of the molecule is CCOC(=O)[C@@H](F)C(F)(F)F. The molecule has 0 unspecified atom stereocenters. The lowest BCUT2D eigenvalue weighted by Gasteiger charge is -2.09. The third-order valence-corrected chi connectivity index (χ3v) is 0.781. The van der Waals surface area contributed by atoms with Gasteiger partial charge in [-0.05, 0) is 6.92 Å². The van der Waals surface area contributed by atoms with E-state index in [1.807, 2.05) is 0 Å². The van der Waals surface area contributed by atoms with Crippen molar-refractivity contribution in [3.05, 3.63) is 0 Å². The predicted octanol–water partition coefficient (Wildman–Crippen LogP) is 1.45. The number of hydrogen-bond donors (Lipinski definition) is 0. The quantitative estimate of drug-likeness (QED) is 0.467. The van der Waals surface area contributed by atoms with Gasteiger partial charge in [-0.15, -0.1) is 0 Å². The van der Waals surface area contributed by atoms with Crippen LogP contribution >= 0.6 is 0 Å². The topological polar surface area (TPSA) is 26.3 Å². The molecule has 0 fully saturated rings. The van der Waals surface area contributed by atoms with Crippen LogP contribution in [0, 0.1) is 0 Å². The van der Waals surface area contributed by atoms with Gasteiger partial charge in [-0.1, -0.05) is 0 Å². The Labute approximate surface area is 60.1 Å². The molecule has 0 N–H and O–H groups in total. The summed E-state index contributed by atoms with van der Waals surface area (Å²) in [6.07, 6.45) is -8.69. The van der Waals surface area contributed by atoms with Crippen LogP contribution in [-0.2, 0) is 9.53 Å². The van der Waals surface area contributed by atoms with E-state index in [-0.39, 0.29) is 6.61 Å². The fourth-order valence-electron chi connectivity index (χ4n) is 0.349. The summed E-state index contributed by atoms with van der Waals surface area (Å²) in [5.74, 6) is -1.89. The molecule has 0 saturated heterocycles. The minimum absolute atomic E-state index is 0.269. The van der Waals surface area contributed by atoms with E-state index in [2.05, 4.69) is 4.74 Å². The van der Waals surface area contributed by atoms with Crippen LogP contribution in [0.15, 0.2) is 0 Å². The summed E-state index contributed by atoms with van der Waals surface area (Å²) in [6, 6.07) is 0. The Balaban J connectivity index is 4.03. The third kappa shape index (κ3) is 3.20. The van der Waals surface area contributed by atoms with Gasteiger partial charge in [-0.25, -0.2) is 9.18 Å². The zero-order valence-corrected chi connectivity index (χ0v) is 5.61. The molecule has 0 aliphatic heterocycles. The van der Waals surface area contributed by atoms with Crippen LogP contribution in [0.1, 0.15) is 6.92 Å². The van der Waals surface area contributed by atoms with Crippen LogP contribution in [0.25, 0.3) is 0 Å². The van der Waals surface area contributed by atoms with E-state index >= 15 is 0 Å². The number of halogens is 4. The van der Waals surface area contributed by atoms with Crippen molar-refractivity contribution in [2.75, 3.05) is 6.61 Å². The van der Waals surface area contributed by atoms with Crippen LogP contribution < -0.4 is 0 Å². The van der Waals surface area contributed by atoms with Crippen LogP contribution in [0.3, 0.4) is 0 Å². The van der Waals surface area contributed by atoms with Gasteiger partial charge in [0.25, 0.3) is 6.17 Å². The standard InChI is InChI=1S/C5H6F4O2/c1-2-11-4(10)3(6)5(7,8)9/h3H,2H2,1H3/t3-/m1/s1. The van der Waals surface area contributed by atoms with Crippen molar-refractivity contribution in [1.29, 1.82) is 0 Å². The molecular formula is C5H6F4O2. The summed E-state index contributed by atoms with van der Waals surface area (Å²) < 4.78 is 49.7. The zero-order valence-electron chi connectivity index (χ0n) is 5.61. The monoisotopic (exact) mass is 174 g/mol. The Morgan fingerprint density at radius 1 is 1.55 bits per heavy atom. The van der Waals surface area contributed by atoms with Gasteiger partial charge in [0, 0.05) is 0 Å². The fourth-order valence-corrected chi connectivity index (χ4v) is 0.349. The molecule has 0 rings (SSSR count). The maximum Gasteiger partial charge on any atom is 0.430 e. The van der Waals surface area contributed by atoms with Gasteiger partial charge in [-0.2, -0.15) is 13.2 Å². The summed E-state index contributed by atoms with van der Waals surface area (Å²) >= 11 is 0. The minimum Gasteiger partial charge on any atom is -0.464 e. The van der Waals surface area contributed by atoms with Gasteiger partial charge in [-0.3, -0.25) is 0 Å². The maximum atomic E-state index is 11.9. The fraction of sp³-hybridized carbons (Fsp3) is 0.800. The van der Waals surface area contributed by atoms with E-state index in [0.29, 0.717) is 0 Å². The molecule has 0 amide bonds. The highest BCUT2D eigenvalue weighted by atomic mass is 19.4. The summed E-state index contributed by atoms with van der Waals surface area (Å²) in [5, 5.41) is 0. The van der Waals surface area contributed by atoms with E-state index in [9.17, 15) is 22.4 Å². The van der Waals surface area contributed by atoms with E-state index in [1.165, 1.54) is 6.92 Å². The highest BCUT2D eigenvalue weighted by Crippen LogP contribution is 2.23. The Morgan fingerprint density at radius 2 is 2.00 bits per heavy atom. The molecule has 0 aliphatic rings. The highest BCUT2D eigenvalue weighted by molar-refractivity contribution is 5.75. The normalized spacial score (nSPS) is 14.3. The first-order valence-corrected chi connectivity index (χ1v) is 2.77. The molecule has 6 heteroatoms. The number of alkyl halides is 4. The number of hydrogen-bond acceptors (Lipinski definition) is 2. The van der Waals surface area contributed by atoms with Crippen molar-refractivity contribution < 1.29 is 27.1 Å². The van der Waals surface area contributed by atoms with Crippen LogP contribution in [0.5, 0.6) is 0 Å². The molecule has 66 valence electrons. The first-order chi connectivity index (χ1) is 4.89. The van der Waals surface area contributed by atoms with Gasteiger partial charge in [0.15, 0.2) is 0 Å².